The highest BCUT2D eigenvalue weighted by Crippen LogP contribution is 2.30. The van der Waals surface area contributed by atoms with Crippen molar-refractivity contribution in [3.8, 4) is 5.75 Å². The predicted octanol–water partition coefficient (Wildman–Crippen LogP) is 4.98. The van der Waals surface area contributed by atoms with E-state index < -0.39 is 16.4 Å². The number of amides is 3. The molecule has 32 heavy (non-hydrogen) atoms. The Bertz CT molecular complexity index is 928. The van der Waals surface area contributed by atoms with Crippen LogP contribution >= 0.6 is 11.8 Å². The Hall–Kier alpha value is -2.67. The molecule has 0 aliphatic carbocycles. The van der Waals surface area contributed by atoms with Crippen LogP contribution in [0.5, 0.6) is 5.75 Å². The number of hydrogen-bond acceptors (Lipinski definition) is 6. The number of aromatic nitrogens is 1. The van der Waals surface area contributed by atoms with Crippen molar-refractivity contribution in [3.63, 3.8) is 0 Å². The van der Waals surface area contributed by atoms with Gasteiger partial charge in [-0.15, -0.1) is 0 Å². The summed E-state index contributed by atoms with van der Waals surface area (Å²) < 4.78 is 5.81. The molecule has 1 aromatic carbocycles. The minimum absolute atomic E-state index is 0.239. The lowest BCUT2D eigenvalue weighted by Crippen LogP contribution is -2.37. The van der Waals surface area contributed by atoms with Gasteiger partial charge >= 0.3 is 0 Å². The Balaban J connectivity index is 1.48. The van der Waals surface area contributed by atoms with Crippen LogP contribution in [0.1, 0.15) is 56.4 Å². The molecule has 1 aliphatic heterocycles. The van der Waals surface area contributed by atoms with E-state index in [1.165, 1.54) is 5.56 Å². The molecule has 170 valence electrons. The minimum atomic E-state index is -0.554. The van der Waals surface area contributed by atoms with Gasteiger partial charge < -0.3 is 4.74 Å². The van der Waals surface area contributed by atoms with Crippen molar-refractivity contribution >= 4 is 28.8 Å². The molecule has 0 radical (unpaired) electrons. The van der Waals surface area contributed by atoms with Crippen LogP contribution < -0.4 is 4.74 Å². The van der Waals surface area contributed by atoms with E-state index in [0.717, 1.165) is 59.4 Å². The SMILES string of the molecule is CCCCCC(=O)N1C(=O)SC(Cc2ccc(OCCc3ccc(CC)cn3)cc2)C1=O. The molecule has 7 heteroatoms. The van der Waals surface area contributed by atoms with E-state index in [1.807, 2.05) is 43.5 Å². The molecular weight excluding hydrogens is 424 g/mol. The normalized spacial score (nSPS) is 15.9. The molecule has 3 rings (SSSR count). The molecule has 1 saturated heterocycles. The molecule has 0 spiro atoms. The van der Waals surface area contributed by atoms with Crippen molar-refractivity contribution in [3.05, 3.63) is 59.4 Å². The zero-order valence-corrected chi connectivity index (χ0v) is 19.5. The lowest BCUT2D eigenvalue weighted by Gasteiger charge is -2.12. The van der Waals surface area contributed by atoms with Crippen LogP contribution in [0.2, 0.25) is 0 Å². The van der Waals surface area contributed by atoms with Gasteiger partial charge in [-0.1, -0.05) is 56.7 Å². The fraction of sp³-hybridized carbons (Fsp3) is 0.440. The van der Waals surface area contributed by atoms with E-state index in [9.17, 15) is 14.4 Å². The number of aryl methyl sites for hydroxylation is 1. The van der Waals surface area contributed by atoms with Gasteiger partial charge in [-0.2, -0.15) is 0 Å². The van der Waals surface area contributed by atoms with Crippen LogP contribution in [-0.4, -0.2) is 38.8 Å². The predicted molar refractivity (Wildman–Crippen MR) is 126 cm³/mol. The summed E-state index contributed by atoms with van der Waals surface area (Å²) in [5.74, 6) is -0.0393. The van der Waals surface area contributed by atoms with Crippen molar-refractivity contribution < 1.29 is 19.1 Å². The Morgan fingerprint density at radius 2 is 1.81 bits per heavy atom. The molecule has 6 nitrogen and oxygen atoms in total. The van der Waals surface area contributed by atoms with E-state index in [4.69, 9.17) is 4.74 Å². The molecule has 0 N–H and O–H groups in total. The first kappa shape index (κ1) is 24.0. The highest BCUT2D eigenvalue weighted by Gasteiger charge is 2.42. The molecule has 0 bridgehead atoms. The van der Waals surface area contributed by atoms with E-state index in [0.29, 0.717) is 19.4 Å². The third-order valence-corrected chi connectivity index (χ3v) is 6.47. The molecule has 1 fully saturated rings. The quantitative estimate of drug-likeness (QED) is 0.446. The number of carbonyl (C=O) groups is 3. The van der Waals surface area contributed by atoms with Gasteiger partial charge in [0.2, 0.25) is 5.91 Å². The standard InChI is InChI=1S/C25H30N2O4S/c1-3-5-6-7-23(28)27-24(29)22(32-25(27)30)16-19-9-12-21(13-10-19)31-15-14-20-11-8-18(4-2)17-26-20/h8-13,17,22H,3-7,14-16H2,1-2H3. The van der Waals surface area contributed by atoms with Crippen molar-refractivity contribution in [1.82, 2.24) is 9.88 Å². The number of carbonyl (C=O) groups excluding carboxylic acids is 3. The van der Waals surface area contributed by atoms with Crippen LogP contribution in [0.15, 0.2) is 42.6 Å². The summed E-state index contributed by atoms with van der Waals surface area (Å²) in [6.45, 7) is 4.67. The zero-order valence-electron chi connectivity index (χ0n) is 18.7. The lowest BCUT2D eigenvalue weighted by molar-refractivity contribution is -0.139. The number of pyridine rings is 1. The molecule has 0 saturated carbocycles. The number of imide groups is 3. The Morgan fingerprint density at radius 1 is 1.06 bits per heavy atom. The molecule has 1 aromatic heterocycles. The van der Waals surface area contributed by atoms with Crippen molar-refractivity contribution in [2.45, 2.75) is 64.0 Å². The second-order valence-corrected chi connectivity index (χ2v) is 9.01. The third kappa shape index (κ3) is 6.42. The summed E-state index contributed by atoms with van der Waals surface area (Å²) in [5.41, 5.74) is 3.14. The minimum Gasteiger partial charge on any atom is -0.493 e. The average Bonchev–Trinajstić information content (AvgIpc) is 3.08. The molecule has 1 aliphatic rings. The highest BCUT2D eigenvalue weighted by atomic mass is 32.2. The van der Waals surface area contributed by atoms with Crippen molar-refractivity contribution in [2.75, 3.05) is 6.61 Å². The van der Waals surface area contributed by atoms with E-state index in [-0.39, 0.29) is 12.3 Å². The van der Waals surface area contributed by atoms with E-state index in [1.54, 1.807) is 0 Å². The first-order valence-corrected chi connectivity index (χ1v) is 12.1. The number of hydrogen-bond donors (Lipinski definition) is 0. The van der Waals surface area contributed by atoms with Gasteiger partial charge in [0.05, 0.1) is 11.9 Å². The fourth-order valence-electron chi connectivity index (χ4n) is 3.47. The largest absolute Gasteiger partial charge is 0.493 e. The van der Waals surface area contributed by atoms with Gasteiger partial charge in [0.15, 0.2) is 0 Å². The molecule has 2 aromatic rings. The van der Waals surface area contributed by atoms with Gasteiger partial charge in [-0.25, -0.2) is 4.90 Å². The van der Waals surface area contributed by atoms with Gasteiger partial charge in [-0.3, -0.25) is 19.4 Å². The van der Waals surface area contributed by atoms with Crippen LogP contribution in [0.4, 0.5) is 4.79 Å². The summed E-state index contributed by atoms with van der Waals surface area (Å²) in [5, 5.41) is -1.01. The monoisotopic (exact) mass is 454 g/mol. The van der Waals surface area contributed by atoms with E-state index >= 15 is 0 Å². The summed E-state index contributed by atoms with van der Waals surface area (Å²) in [7, 11) is 0. The Kier molecular flexibility index (Phi) is 8.85. The maximum atomic E-state index is 12.6. The maximum absolute atomic E-state index is 12.6. The third-order valence-electron chi connectivity index (χ3n) is 5.43. The zero-order chi connectivity index (χ0) is 22.9. The van der Waals surface area contributed by atoms with Crippen molar-refractivity contribution in [1.29, 1.82) is 0 Å². The summed E-state index contributed by atoms with van der Waals surface area (Å²) in [6, 6.07) is 11.6. The molecular formula is C25H30N2O4S. The summed E-state index contributed by atoms with van der Waals surface area (Å²) >= 11 is 0.941. The fourth-order valence-corrected chi connectivity index (χ4v) is 4.49. The van der Waals surface area contributed by atoms with Crippen LogP contribution in [0.3, 0.4) is 0 Å². The summed E-state index contributed by atoms with van der Waals surface area (Å²) in [4.78, 5) is 42.4. The first-order valence-electron chi connectivity index (χ1n) is 11.2. The topological polar surface area (TPSA) is 76.6 Å². The number of thioether (sulfide) groups is 1. The summed E-state index contributed by atoms with van der Waals surface area (Å²) in [6.07, 6.45) is 6.83. The lowest BCUT2D eigenvalue weighted by atomic mass is 10.1. The second-order valence-electron chi connectivity index (χ2n) is 7.85. The molecule has 3 amide bonds. The maximum Gasteiger partial charge on any atom is 0.295 e. The average molecular weight is 455 g/mol. The molecule has 1 atom stereocenters. The van der Waals surface area contributed by atoms with E-state index in [2.05, 4.69) is 18.0 Å². The second kappa shape index (κ2) is 11.8. The number of unbranched alkanes of at least 4 members (excludes halogenated alkanes) is 2. The number of ether oxygens (including phenoxy) is 1. The molecule has 1 unspecified atom stereocenters. The van der Waals surface area contributed by atoms with Gasteiger partial charge in [0.25, 0.3) is 11.1 Å². The smallest absolute Gasteiger partial charge is 0.295 e. The number of nitrogens with zero attached hydrogens (tertiary/aromatic N) is 2. The highest BCUT2D eigenvalue weighted by molar-refractivity contribution is 8.15. The number of benzene rings is 1. The number of rotatable bonds is 11. The Labute approximate surface area is 193 Å². The van der Waals surface area contributed by atoms with Crippen LogP contribution in [0.25, 0.3) is 0 Å². The van der Waals surface area contributed by atoms with Gasteiger partial charge in [0, 0.05) is 24.7 Å². The van der Waals surface area contributed by atoms with Crippen molar-refractivity contribution in [2.24, 2.45) is 0 Å². The Morgan fingerprint density at radius 3 is 2.47 bits per heavy atom. The van der Waals surface area contributed by atoms with Crippen LogP contribution in [0, 0.1) is 0 Å². The van der Waals surface area contributed by atoms with Crippen LogP contribution in [-0.2, 0) is 28.9 Å². The van der Waals surface area contributed by atoms with Gasteiger partial charge in [0.1, 0.15) is 5.75 Å². The van der Waals surface area contributed by atoms with Gasteiger partial charge in [-0.05, 0) is 48.6 Å². The first-order chi connectivity index (χ1) is 15.5. The molecule has 2 heterocycles.